The molecule has 0 spiro atoms. The molecule has 1 aromatic heterocycles. The van der Waals surface area contributed by atoms with Gasteiger partial charge in [0.05, 0.1) is 25.7 Å². The van der Waals surface area contributed by atoms with Crippen molar-refractivity contribution in [3.05, 3.63) is 56.8 Å². The molecule has 0 saturated heterocycles. The Hall–Kier alpha value is -3.41. The molecule has 0 aliphatic rings. The summed E-state index contributed by atoms with van der Waals surface area (Å²) in [7, 11) is 1.57. The van der Waals surface area contributed by atoms with Crippen LogP contribution in [-0.4, -0.2) is 25.4 Å². The highest BCUT2D eigenvalue weighted by Gasteiger charge is 2.24. The third-order valence-electron chi connectivity index (χ3n) is 5.87. The van der Waals surface area contributed by atoms with Gasteiger partial charge in [-0.05, 0) is 53.4 Å². The number of benzene rings is 2. The Morgan fingerprint density at radius 2 is 1.39 bits per heavy atom. The number of phenolic OH excluding ortho intramolecular Hbond substituents is 1. The maximum absolute atomic E-state index is 14.0. The number of hydrogen-bond acceptors (Lipinski definition) is 6. The lowest BCUT2D eigenvalue weighted by molar-refractivity contribution is 0.293. The van der Waals surface area contributed by atoms with E-state index in [1.807, 2.05) is 53.7 Å². The number of hydrogen-bond donors (Lipinski definition) is 1. The molecule has 0 unspecified atom stereocenters. The van der Waals surface area contributed by atoms with Crippen molar-refractivity contribution in [3.8, 4) is 23.0 Å². The monoisotopic (exact) mass is 494 g/mol. The van der Waals surface area contributed by atoms with Crippen LogP contribution in [0.15, 0.2) is 44.6 Å². The highest BCUT2D eigenvalue weighted by molar-refractivity contribution is 5.98. The van der Waals surface area contributed by atoms with E-state index in [9.17, 15) is 9.90 Å². The second-order valence-corrected chi connectivity index (χ2v) is 9.43. The minimum Gasteiger partial charge on any atom is -0.507 e. The molecule has 2 aromatic carbocycles. The Morgan fingerprint density at radius 3 is 1.94 bits per heavy atom. The summed E-state index contributed by atoms with van der Waals surface area (Å²) in [6, 6.07) is 3.42. The van der Waals surface area contributed by atoms with Gasteiger partial charge in [0, 0.05) is 23.3 Å². The highest BCUT2D eigenvalue weighted by atomic mass is 16.5. The van der Waals surface area contributed by atoms with E-state index in [1.54, 1.807) is 19.2 Å². The molecule has 0 atom stereocenters. The van der Waals surface area contributed by atoms with Gasteiger partial charge in [-0.15, -0.1) is 0 Å². The third kappa shape index (κ3) is 5.69. The van der Waals surface area contributed by atoms with Crippen LogP contribution in [0.2, 0.25) is 0 Å². The zero-order chi connectivity index (χ0) is 26.4. The zero-order valence-corrected chi connectivity index (χ0v) is 22.5. The smallest absolute Gasteiger partial charge is 0.204 e. The number of rotatable bonds is 11. The molecular weight excluding hydrogens is 456 g/mol. The highest BCUT2D eigenvalue weighted by Crippen LogP contribution is 2.41. The number of ether oxygens (including phenoxy) is 3. The van der Waals surface area contributed by atoms with Crippen LogP contribution in [0.5, 0.6) is 23.0 Å². The fourth-order valence-electron chi connectivity index (χ4n) is 4.09. The maximum Gasteiger partial charge on any atom is 0.204 e. The first-order valence-corrected chi connectivity index (χ1v) is 12.6. The van der Waals surface area contributed by atoms with E-state index in [4.69, 9.17) is 18.6 Å². The SMILES string of the molecule is CCCOc1cc2oc3cc(OCCC)c(OC)c(CC=C(C)C)c3c(=O)c2c(O)c1CC=C(C)C. The molecule has 1 heterocycles. The van der Waals surface area contributed by atoms with Gasteiger partial charge in [-0.3, -0.25) is 4.79 Å². The Morgan fingerprint density at radius 1 is 0.861 bits per heavy atom. The molecule has 6 nitrogen and oxygen atoms in total. The number of methoxy groups -OCH3 is 1. The largest absolute Gasteiger partial charge is 0.507 e. The zero-order valence-electron chi connectivity index (χ0n) is 22.5. The van der Waals surface area contributed by atoms with Crippen molar-refractivity contribution in [2.24, 2.45) is 0 Å². The van der Waals surface area contributed by atoms with Gasteiger partial charge in [-0.25, -0.2) is 0 Å². The van der Waals surface area contributed by atoms with E-state index in [0.29, 0.717) is 65.4 Å². The molecule has 0 radical (unpaired) electrons. The van der Waals surface area contributed by atoms with Crippen molar-refractivity contribution in [1.29, 1.82) is 0 Å². The van der Waals surface area contributed by atoms with E-state index in [2.05, 4.69) is 0 Å². The molecule has 0 aliphatic heterocycles. The first kappa shape index (κ1) is 27.2. The average Bonchev–Trinajstić information content (AvgIpc) is 2.83. The van der Waals surface area contributed by atoms with Gasteiger partial charge < -0.3 is 23.7 Å². The lowest BCUT2D eigenvalue weighted by atomic mass is 9.98. The van der Waals surface area contributed by atoms with Crippen molar-refractivity contribution in [2.45, 2.75) is 67.2 Å². The number of fused-ring (bicyclic) bond motifs is 2. The first-order valence-electron chi connectivity index (χ1n) is 12.6. The summed E-state index contributed by atoms with van der Waals surface area (Å²) < 4.78 is 23.9. The van der Waals surface area contributed by atoms with Gasteiger partial charge in [-0.1, -0.05) is 37.1 Å². The number of allylic oxidation sites excluding steroid dienone is 4. The van der Waals surface area contributed by atoms with Gasteiger partial charge in [-0.2, -0.15) is 0 Å². The molecule has 0 saturated carbocycles. The Labute approximate surface area is 213 Å². The van der Waals surface area contributed by atoms with Gasteiger partial charge in [0.2, 0.25) is 5.43 Å². The van der Waals surface area contributed by atoms with E-state index < -0.39 is 0 Å². The third-order valence-corrected chi connectivity index (χ3v) is 5.87. The lowest BCUT2D eigenvalue weighted by Crippen LogP contribution is -2.10. The van der Waals surface area contributed by atoms with E-state index in [-0.39, 0.29) is 22.1 Å². The fraction of sp³-hybridized carbons (Fsp3) is 0.433. The normalized spacial score (nSPS) is 11.0. The van der Waals surface area contributed by atoms with Crippen LogP contribution in [0.4, 0.5) is 0 Å². The standard InChI is InChI=1S/C30H38O6/c1-8-14-34-22-16-24-27(28(31)20(22)12-10-18(3)4)29(32)26-21(13-11-19(5)6)30(33-7)25(35-15-9-2)17-23(26)36-24/h10-11,16-17,31H,8-9,12-15H2,1-7H3. The fourth-order valence-corrected chi connectivity index (χ4v) is 4.09. The predicted octanol–water partition coefficient (Wildman–Crippen LogP) is 7.26. The molecule has 0 amide bonds. The van der Waals surface area contributed by atoms with Crippen LogP contribution in [0, 0.1) is 0 Å². The van der Waals surface area contributed by atoms with Crippen molar-refractivity contribution in [1.82, 2.24) is 0 Å². The van der Waals surface area contributed by atoms with Crippen LogP contribution in [0.25, 0.3) is 21.9 Å². The van der Waals surface area contributed by atoms with E-state index in [0.717, 1.165) is 24.0 Å². The van der Waals surface area contributed by atoms with Gasteiger partial charge in [0.15, 0.2) is 11.5 Å². The lowest BCUT2D eigenvalue weighted by Gasteiger charge is -2.18. The molecule has 6 heteroatoms. The molecule has 0 aliphatic carbocycles. The molecule has 3 rings (SSSR count). The second kappa shape index (κ2) is 12.0. The molecular formula is C30H38O6. The topological polar surface area (TPSA) is 78.1 Å². The second-order valence-electron chi connectivity index (χ2n) is 9.43. The minimum absolute atomic E-state index is 0.106. The molecule has 1 N–H and O–H groups in total. The van der Waals surface area contributed by atoms with Crippen LogP contribution >= 0.6 is 0 Å². The van der Waals surface area contributed by atoms with Crippen molar-refractivity contribution >= 4 is 21.9 Å². The van der Waals surface area contributed by atoms with Crippen molar-refractivity contribution in [2.75, 3.05) is 20.3 Å². The quantitative estimate of drug-likeness (QED) is 0.223. The molecule has 194 valence electrons. The first-order chi connectivity index (χ1) is 17.2. The predicted molar refractivity (Wildman–Crippen MR) is 146 cm³/mol. The Kier molecular flexibility index (Phi) is 9.08. The summed E-state index contributed by atoms with van der Waals surface area (Å²) in [5, 5.41) is 11.9. The van der Waals surface area contributed by atoms with E-state index in [1.165, 1.54) is 0 Å². The summed E-state index contributed by atoms with van der Waals surface area (Å²) >= 11 is 0. The minimum atomic E-state index is -0.304. The van der Waals surface area contributed by atoms with Crippen LogP contribution in [0.1, 0.15) is 65.5 Å². The van der Waals surface area contributed by atoms with Crippen LogP contribution in [-0.2, 0) is 12.8 Å². The van der Waals surface area contributed by atoms with Gasteiger partial charge in [0.1, 0.15) is 28.1 Å². The van der Waals surface area contributed by atoms with E-state index >= 15 is 0 Å². The average molecular weight is 495 g/mol. The molecule has 0 bridgehead atoms. The Balaban J connectivity index is 2.44. The van der Waals surface area contributed by atoms with Gasteiger partial charge in [0.25, 0.3) is 0 Å². The van der Waals surface area contributed by atoms with Crippen LogP contribution in [0.3, 0.4) is 0 Å². The van der Waals surface area contributed by atoms with Crippen molar-refractivity contribution < 1.29 is 23.7 Å². The number of aromatic hydroxyl groups is 1. The molecule has 3 aromatic rings. The summed E-state index contributed by atoms with van der Waals surface area (Å²) in [4.78, 5) is 14.0. The summed E-state index contributed by atoms with van der Waals surface area (Å²) in [5.74, 6) is 1.44. The van der Waals surface area contributed by atoms with Crippen LogP contribution < -0.4 is 19.6 Å². The summed E-state index contributed by atoms with van der Waals surface area (Å²) in [6.45, 7) is 13.0. The van der Waals surface area contributed by atoms with Gasteiger partial charge >= 0.3 is 0 Å². The molecule has 36 heavy (non-hydrogen) atoms. The van der Waals surface area contributed by atoms with Crippen molar-refractivity contribution in [3.63, 3.8) is 0 Å². The molecule has 0 fully saturated rings. The number of phenols is 1. The summed E-state index contributed by atoms with van der Waals surface area (Å²) in [6.07, 6.45) is 6.58. The summed E-state index contributed by atoms with van der Waals surface area (Å²) in [5.41, 5.74) is 3.82. The Bertz CT molecular complexity index is 1350. The maximum atomic E-state index is 14.0.